The van der Waals surface area contributed by atoms with E-state index in [0.717, 1.165) is 18.6 Å². The molecule has 0 saturated carbocycles. The minimum atomic E-state index is -0.125. The van der Waals surface area contributed by atoms with Gasteiger partial charge in [-0.25, -0.2) is 0 Å². The molecule has 1 fully saturated rings. The molecule has 0 aromatic carbocycles. The third-order valence-electron chi connectivity index (χ3n) is 2.23. The molecule has 0 amide bonds. The number of ether oxygens (including phenoxy) is 2. The van der Waals surface area contributed by atoms with Crippen LogP contribution in [0, 0.1) is 0 Å². The van der Waals surface area contributed by atoms with Crippen molar-refractivity contribution in [1.82, 2.24) is 0 Å². The lowest BCUT2D eigenvalue weighted by molar-refractivity contribution is -0.0506. The molecule has 4 nitrogen and oxygen atoms in total. The van der Waals surface area contributed by atoms with Gasteiger partial charge < -0.3 is 19.6 Å². The molecule has 14 heavy (non-hydrogen) atoms. The van der Waals surface area contributed by atoms with Crippen molar-refractivity contribution in [2.24, 2.45) is 5.73 Å². The van der Waals surface area contributed by atoms with E-state index < -0.39 is 0 Å². The largest absolute Gasteiger partial charge is 0.469 e. The monoisotopic (exact) mass is 197 g/mol. The number of hydrogen-bond acceptors (Lipinski definition) is 4. The van der Waals surface area contributed by atoms with E-state index in [0.29, 0.717) is 13.2 Å². The molecule has 4 heteroatoms. The van der Waals surface area contributed by atoms with Crippen LogP contribution in [0.15, 0.2) is 22.8 Å². The van der Waals surface area contributed by atoms with Gasteiger partial charge in [0.25, 0.3) is 0 Å². The quantitative estimate of drug-likeness (QED) is 0.779. The smallest absolute Gasteiger partial charge is 0.159 e. The van der Waals surface area contributed by atoms with Crippen LogP contribution in [0.4, 0.5) is 0 Å². The second-order valence-corrected chi connectivity index (χ2v) is 3.45. The number of rotatable bonds is 4. The van der Waals surface area contributed by atoms with Gasteiger partial charge in [0, 0.05) is 18.9 Å². The summed E-state index contributed by atoms with van der Waals surface area (Å²) in [7, 11) is 0. The van der Waals surface area contributed by atoms with Crippen LogP contribution >= 0.6 is 0 Å². The van der Waals surface area contributed by atoms with Gasteiger partial charge in [0.05, 0.1) is 19.5 Å². The van der Waals surface area contributed by atoms with Crippen LogP contribution in [-0.4, -0.2) is 25.5 Å². The van der Waals surface area contributed by atoms with Gasteiger partial charge in [-0.2, -0.15) is 0 Å². The third-order valence-corrected chi connectivity index (χ3v) is 2.23. The number of furan rings is 1. The Morgan fingerprint density at radius 2 is 2.21 bits per heavy atom. The molecule has 0 spiro atoms. The Labute approximate surface area is 83.0 Å². The Morgan fingerprint density at radius 1 is 1.43 bits per heavy atom. The zero-order chi connectivity index (χ0) is 9.80. The second kappa shape index (κ2) is 4.59. The summed E-state index contributed by atoms with van der Waals surface area (Å²) in [5.41, 5.74) is 5.92. The molecule has 2 rings (SSSR count). The maximum absolute atomic E-state index is 5.92. The van der Waals surface area contributed by atoms with Crippen molar-refractivity contribution in [3.63, 3.8) is 0 Å². The molecular weight excluding hydrogens is 182 g/mol. The fourth-order valence-electron chi connectivity index (χ4n) is 1.56. The third kappa shape index (κ3) is 2.57. The Balaban J connectivity index is 1.75. The number of nitrogens with two attached hydrogens (primary N) is 1. The number of hydrogen-bond donors (Lipinski definition) is 1. The van der Waals surface area contributed by atoms with Gasteiger partial charge in [-0.15, -0.1) is 0 Å². The maximum atomic E-state index is 5.92. The molecule has 0 aliphatic carbocycles. The van der Waals surface area contributed by atoms with Crippen molar-refractivity contribution < 1.29 is 13.9 Å². The average Bonchev–Trinajstić information content (AvgIpc) is 2.76. The lowest BCUT2D eigenvalue weighted by Crippen LogP contribution is -2.28. The molecule has 1 aromatic rings. The van der Waals surface area contributed by atoms with Crippen LogP contribution in [0.2, 0.25) is 0 Å². The summed E-state index contributed by atoms with van der Waals surface area (Å²) in [4.78, 5) is 0. The molecule has 1 atom stereocenters. The van der Waals surface area contributed by atoms with Crippen LogP contribution in [0.1, 0.15) is 12.2 Å². The van der Waals surface area contributed by atoms with Gasteiger partial charge in [0.2, 0.25) is 0 Å². The lowest BCUT2D eigenvalue weighted by atomic mass is 10.1. The van der Waals surface area contributed by atoms with Crippen LogP contribution in [0.25, 0.3) is 0 Å². The van der Waals surface area contributed by atoms with E-state index in [1.54, 1.807) is 6.26 Å². The first kappa shape index (κ1) is 9.71. The van der Waals surface area contributed by atoms with E-state index in [4.69, 9.17) is 19.6 Å². The first-order chi connectivity index (χ1) is 6.84. The van der Waals surface area contributed by atoms with E-state index >= 15 is 0 Å². The van der Waals surface area contributed by atoms with Gasteiger partial charge >= 0.3 is 0 Å². The summed E-state index contributed by atoms with van der Waals surface area (Å²) in [5.74, 6) is 0.912. The summed E-state index contributed by atoms with van der Waals surface area (Å²) >= 11 is 0. The minimum Gasteiger partial charge on any atom is -0.469 e. The van der Waals surface area contributed by atoms with E-state index in [1.807, 2.05) is 12.1 Å². The highest BCUT2D eigenvalue weighted by atomic mass is 16.7. The van der Waals surface area contributed by atoms with Crippen molar-refractivity contribution in [2.75, 3.05) is 13.2 Å². The highest BCUT2D eigenvalue weighted by Crippen LogP contribution is 2.12. The topological polar surface area (TPSA) is 57.6 Å². The molecule has 0 bridgehead atoms. The van der Waals surface area contributed by atoms with E-state index in [9.17, 15) is 0 Å². The predicted octanol–water partition coefficient (Wildman–Crippen LogP) is 0.912. The molecule has 1 saturated heterocycles. The second-order valence-electron chi connectivity index (χ2n) is 3.45. The molecule has 1 aliphatic heterocycles. The SMILES string of the molecule is NC(Cc1ccco1)CC1OCCO1. The average molecular weight is 197 g/mol. The zero-order valence-corrected chi connectivity index (χ0v) is 8.02. The maximum Gasteiger partial charge on any atom is 0.159 e. The van der Waals surface area contributed by atoms with Crippen LogP contribution < -0.4 is 5.73 Å². The first-order valence-electron chi connectivity index (χ1n) is 4.86. The summed E-state index contributed by atoms with van der Waals surface area (Å²) in [6.07, 6.45) is 2.99. The standard InChI is InChI=1S/C10H15NO3/c11-8(6-9-2-1-3-12-9)7-10-13-4-5-14-10/h1-3,8,10H,4-7,11H2. The molecule has 1 aliphatic rings. The molecule has 78 valence electrons. The highest BCUT2D eigenvalue weighted by molar-refractivity contribution is 5.00. The van der Waals surface area contributed by atoms with Crippen LogP contribution in [0.3, 0.4) is 0 Å². The van der Waals surface area contributed by atoms with E-state index in [-0.39, 0.29) is 12.3 Å². The van der Waals surface area contributed by atoms with Gasteiger partial charge in [0.15, 0.2) is 6.29 Å². The molecule has 2 heterocycles. The van der Waals surface area contributed by atoms with Gasteiger partial charge in [0.1, 0.15) is 5.76 Å². The zero-order valence-electron chi connectivity index (χ0n) is 8.02. The lowest BCUT2D eigenvalue weighted by Gasteiger charge is -2.14. The Morgan fingerprint density at radius 3 is 2.86 bits per heavy atom. The fraction of sp³-hybridized carbons (Fsp3) is 0.600. The van der Waals surface area contributed by atoms with E-state index in [1.165, 1.54) is 0 Å². The summed E-state index contributed by atoms with van der Waals surface area (Å²) in [6, 6.07) is 3.82. The molecule has 0 radical (unpaired) electrons. The van der Waals surface area contributed by atoms with Crippen molar-refractivity contribution in [2.45, 2.75) is 25.2 Å². The van der Waals surface area contributed by atoms with Crippen LogP contribution in [-0.2, 0) is 15.9 Å². The van der Waals surface area contributed by atoms with Crippen molar-refractivity contribution in [3.8, 4) is 0 Å². The minimum absolute atomic E-state index is 0.0317. The summed E-state index contributed by atoms with van der Waals surface area (Å²) in [6.45, 7) is 1.36. The Bertz CT molecular complexity index is 254. The van der Waals surface area contributed by atoms with Crippen molar-refractivity contribution >= 4 is 0 Å². The Kier molecular flexibility index (Phi) is 3.18. The van der Waals surface area contributed by atoms with Crippen molar-refractivity contribution in [3.05, 3.63) is 24.2 Å². The molecule has 1 unspecified atom stereocenters. The van der Waals surface area contributed by atoms with Crippen molar-refractivity contribution in [1.29, 1.82) is 0 Å². The fourth-order valence-corrected chi connectivity index (χ4v) is 1.56. The molecular formula is C10H15NO3. The van der Waals surface area contributed by atoms with Crippen LogP contribution in [0.5, 0.6) is 0 Å². The molecule has 2 N–H and O–H groups in total. The first-order valence-corrected chi connectivity index (χ1v) is 4.86. The van der Waals surface area contributed by atoms with Gasteiger partial charge in [-0.05, 0) is 12.1 Å². The molecule has 1 aromatic heterocycles. The highest BCUT2D eigenvalue weighted by Gasteiger charge is 2.19. The van der Waals surface area contributed by atoms with Gasteiger partial charge in [-0.3, -0.25) is 0 Å². The van der Waals surface area contributed by atoms with Gasteiger partial charge in [-0.1, -0.05) is 0 Å². The van der Waals surface area contributed by atoms with E-state index in [2.05, 4.69) is 0 Å². The Hall–Kier alpha value is -0.840. The normalized spacial score (nSPS) is 20.1. The summed E-state index contributed by atoms with van der Waals surface area (Å²) in [5, 5.41) is 0. The predicted molar refractivity (Wildman–Crippen MR) is 50.7 cm³/mol. The summed E-state index contributed by atoms with van der Waals surface area (Å²) < 4.78 is 15.8.